The number of nitrogens with zero attached hydrogens (tertiary/aromatic N) is 5. The largest absolute Gasteiger partial charge is 0.760 e. The number of carbonyl (C=O) groups is 1. The Balaban J connectivity index is 2.77. The lowest BCUT2D eigenvalue weighted by molar-refractivity contribution is -0.122. The van der Waals surface area contributed by atoms with Crippen molar-refractivity contribution in [2.24, 2.45) is 10.2 Å². The summed E-state index contributed by atoms with van der Waals surface area (Å²) in [5.41, 5.74) is 0. The molecule has 0 saturated heterocycles. The van der Waals surface area contributed by atoms with E-state index >= 15 is 0 Å². The number of rotatable bonds is 6. The van der Waals surface area contributed by atoms with Gasteiger partial charge in [0.1, 0.15) is 5.82 Å². The summed E-state index contributed by atoms with van der Waals surface area (Å²) in [4.78, 5) is 15.5. The molecule has 9 nitrogen and oxygen atoms in total. The van der Waals surface area contributed by atoms with Crippen LogP contribution in [0.3, 0.4) is 0 Å². The number of likely N-dealkylation sites (N-methyl/N-ethyl adjacent to an activating group) is 2. The van der Waals surface area contributed by atoms with Crippen molar-refractivity contribution in [1.29, 1.82) is 0 Å². The summed E-state index contributed by atoms with van der Waals surface area (Å²) in [6, 6.07) is -0.933. The van der Waals surface area contributed by atoms with E-state index in [-0.39, 0.29) is 6.54 Å². The van der Waals surface area contributed by atoms with Gasteiger partial charge in [0.15, 0.2) is 6.04 Å². The molecule has 0 radical (unpaired) electrons. The van der Waals surface area contributed by atoms with Gasteiger partial charge >= 0.3 is 0 Å². The molecule has 1 N–H and O–H groups in total. The second-order valence-electron chi connectivity index (χ2n) is 3.50. The molecule has 1 aromatic heterocycles. The summed E-state index contributed by atoms with van der Waals surface area (Å²) in [7, 11) is 2.78. The van der Waals surface area contributed by atoms with Gasteiger partial charge in [-0.1, -0.05) is 0 Å². The van der Waals surface area contributed by atoms with Crippen LogP contribution in [0.5, 0.6) is 0 Å². The van der Waals surface area contributed by atoms with Crippen LogP contribution in [0, 0.1) is 6.92 Å². The van der Waals surface area contributed by atoms with E-state index in [2.05, 4.69) is 24.9 Å². The normalized spacial score (nSPS) is 14.8. The molecule has 11 heteroatoms. The minimum Gasteiger partial charge on any atom is -0.760 e. The summed E-state index contributed by atoms with van der Waals surface area (Å²) in [6.07, 6.45) is 0. The number of aromatic nitrogens is 2. The van der Waals surface area contributed by atoms with Crippen LogP contribution in [0.25, 0.3) is 0 Å². The van der Waals surface area contributed by atoms with Crippen LogP contribution in [0.2, 0.25) is 0 Å². The molecule has 1 amide bonds. The van der Waals surface area contributed by atoms with Gasteiger partial charge in [0.05, 0.1) is 0 Å². The molecule has 0 aliphatic rings. The number of amides is 1. The van der Waals surface area contributed by atoms with Crippen LogP contribution in [-0.4, -0.2) is 55.0 Å². The average molecular weight is 305 g/mol. The van der Waals surface area contributed by atoms with Crippen molar-refractivity contribution in [2.75, 3.05) is 20.6 Å². The monoisotopic (exact) mass is 305 g/mol. The van der Waals surface area contributed by atoms with Crippen molar-refractivity contribution in [3.63, 3.8) is 0 Å². The molecule has 2 unspecified atom stereocenters. The fourth-order valence-electron chi connectivity index (χ4n) is 1.09. The molecule has 0 aliphatic heterocycles. The van der Waals surface area contributed by atoms with E-state index in [4.69, 9.17) is 0 Å². The topological polar surface area (TPSA) is 123 Å². The summed E-state index contributed by atoms with van der Waals surface area (Å²) < 4.78 is 26.3. The van der Waals surface area contributed by atoms with E-state index in [0.717, 1.165) is 15.8 Å². The van der Waals surface area contributed by atoms with Gasteiger partial charge in [0.25, 0.3) is 0 Å². The second kappa shape index (κ2) is 7.33. The zero-order chi connectivity index (χ0) is 14.4. The maximum absolute atomic E-state index is 11.6. The summed E-state index contributed by atoms with van der Waals surface area (Å²) in [5, 5.41) is 10.3. The first-order valence-electron chi connectivity index (χ1n) is 5.17. The molecule has 1 aromatic rings. The van der Waals surface area contributed by atoms with Crippen molar-refractivity contribution in [3.8, 4) is 0 Å². The Morgan fingerprint density at radius 1 is 1.68 bits per heavy atom. The summed E-state index contributed by atoms with van der Waals surface area (Å²) >= 11 is -1.37. The van der Waals surface area contributed by atoms with Crippen LogP contribution in [0.4, 0.5) is 5.13 Å². The molecule has 0 aromatic carbocycles. The third kappa shape index (κ3) is 5.06. The van der Waals surface area contributed by atoms with Crippen molar-refractivity contribution in [3.05, 3.63) is 5.82 Å². The average Bonchev–Trinajstić information content (AvgIpc) is 2.78. The number of nitrogens with one attached hydrogen (secondary N) is 1. The lowest BCUT2D eigenvalue weighted by Gasteiger charge is -2.21. The van der Waals surface area contributed by atoms with Gasteiger partial charge in [-0.15, -0.1) is 5.11 Å². The first kappa shape index (κ1) is 15.8. The summed E-state index contributed by atoms with van der Waals surface area (Å²) in [6.45, 7) is 1.61. The number of aryl methyl sites for hydroxylation is 1. The van der Waals surface area contributed by atoms with Crippen LogP contribution >= 0.6 is 11.5 Å². The lowest BCUT2D eigenvalue weighted by Crippen LogP contribution is -2.39. The Morgan fingerprint density at radius 3 is 2.84 bits per heavy atom. The maximum Gasteiger partial charge on any atom is 0.248 e. The second-order valence-corrected chi connectivity index (χ2v) is 5.29. The fraction of sp³-hybridized carbons (Fsp3) is 0.625. The quantitative estimate of drug-likeness (QED) is 0.574. The van der Waals surface area contributed by atoms with E-state index in [0.29, 0.717) is 11.0 Å². The maximum atomic E-state index is 11.6. The predicted molar refractivity (Wildman–Crippen MR) is 68.6 cm³/mol. The molecule has 0 aliphatic carbocycles. The van der Waals surface area contributed by atoms with Crippen molar-refractivity contribution >= 4 is 33.8 Å². The highest BCUT2D eigenvalue weighted by Gasteiger charge is 2.19. The Hall–Kier alpha value is -1.30. The van der Waals surface area contributed by atoms with Gasteiger partial charge in [-0.2, -0.15) is 9.49 Å². The molecular formula is C8H13N6O3S2-. The van der Waals surface area contributed by atoms with E-state index in [1.807, 2.05) is 0 Å². The van der Waals surface area contributed by atoms with Crippen LogP contribution in [-0.2, 0) is 16.1 Å². The zero-order valence-corrected chi connectivity index (χ0v) is 12.2. The van der Waals surface area contributed by atoms with E-state index < -0.39 is 23.2 Å². The predicted octanol–water partition coefficient (Wildman–Crippen LogP) is -0.229. The first-order chi connectivity index (χ1) is 8.93. The van der Waals surface area contributed by atoms with E-state index in [9.17, 15) is 13.6 Å². The molecule has 0 saturated carbocycles. The standard InChI is InChI=1S/C8H14N6O3S2/c1-5-10-8(18-13-5)12-11-6(7(15)9-2)4-14(3)19(16)17/h6H,4H2,1-3H3,(H,9,15)(H,16,17)/p-1. The number of hydrogen-bond donors (Lipinski definition) is 1. The highest BCUT2D eigenvalue weighted by atomic mass is 32.2. The third-order valence-corrected chi connectivity index (χ3v) is 3.38. The Bertz CT molecular complexity index is 491. The van der Waals surface area contributed by atoms with Crippen LogP contribution < -0.4 is 5.32 Å². The minimum absolute atomic E-state index is 0.100. The molecule has 0 bridgehead atoms. The summed E-state index contributed by atoms with van der Waals surface area (Å²) in [5.74, 6) is 0.135. The van der Waals surface area contributed by atoms with E-state index in [1.54, 1.807) is 6.92 Å². The van der Waals surface area contributed by atoms with Crippen molar-refractivity contribution < 1.29 is 13.6 Å². The first-order valence-corrected chi connectivity index (χ1v) is 6.97. The third-order valence-electron chi connectivity index (χ3n) is 2.03. The van der Waals surface area contributed by atoms with E-state index in [1.165, 1.54) is 14.1 Å². The van der Waals surface area contributed by atoms with Gasteiger partial charge in [0.2, 0.25) is 11.0 Å². The lowest BCUT2D eigenvalue weighted by atomic mass is 10.3. The Morgan fingerprint density at radius 2 is 2.37 bits per heavy atom. The van der Waals surface area contributed by atoms with Gasteiger partial charge in [-0.3, -0.25) is 9.00 Å². The molecule has 1 heterocycles. The molecule has 2 atom stereocenters. The number of hydrogen-bond acceptors (Lipinski definition) is 8. The van der Waals surface area contributed by atoms with Gasteiger partial charge in [-0.25, -0.2) is 9.29 Å². The van der Waals surface area contributed by atoms with Crippen molar-refractivity contribution in [1.82, 2.24) is 19.0 Å². The number of azo groups is 1. The smallest absolute Gasteiger partial charge is 0.248 e. The molecule has 106 valence electrons. The molecule has 1 rings (SSSR count). The molecule has 0 spiro atoms. The molecular weight excluding hydrogens is 292 g/mol. The number of carbonyl (C=O) groups excluding carboxylic acids is 1. The minimum atomic E-state index is -2.42. The van der Waals surface area contributed by atoms with Gasteiger partial charge < -0.3 is 9.87 Å². The zero-order valence-electron chi connectivity index (χ0n) is 10.6. The van der Waals surface area contributed by atoms with Gasteiger partial charge in [0, 0.05) is 36.4 Å². The molecule has 0 fully saturated rings. The Labute approximate surface area is 116 Å². The van der Waals surface area contributed by atoms with Gasteiger partial charge in [-0.05, 0) is 14.0 Å². The fourth-order valence-corrected chi connectivity index (χ4v) is 1.86. The highest BCUT2D eigenvalue weighted by Crippen LogP contribution is 2.15. The van der Waals surface area contributed by atoms with Crippen LogP contribution in [0.1, 0.15) is 5.82 Å². The SMILES string of the molecule is CNC(=O)C(CN(C)S(=O)[O-])N=Nc1nc(C)ns1. The Kier molecular flexibility index (Phi) is 6.08. The van der Waals surface area contributed by atoms with Crippen molar-refractivity contribution in [2.45, 2.75) is 13.0 Å². The highest BCUT2D eigenvalue weighted by molar-refractivity contribution is 7.76. The van der Waals surface area contributed by atoms with Crippen LogP contribution in [0.15, 0.2) is 10.2 Å². The molecule has 19 heavy (non-hydrogen) atoms.